The Morgan fingerprint density at radius 1 is 0.742 bits per heavy atom. The molecule has 2 saturated heterocycles. The van der Waals surface area contributed by atoms with Crippen molar-refractivity contribution in [2.75, 3.05) is 39.3 Å². The van der Waals surface area contributed by atoms with Gasteiger partial charge in [-0.25, -0.2) is 0 Å². The van der Waals surface area contributed by atoms with Crippen molar-refractivity contribution in [2.24, 2.45) is 0 Å². The maximum atomic E-state index is 12.9. The molecule has 2 aliphatic rings. The molecule has 6 nitrogen and oxygen atoms in total. The highest BCUT2D eigenvalue weighted by molar-refractivity contribution is 5.94. The molecule has 2 aromatic carbocycles. The summed E-state index contributed by atoms with van der Waals surface area (Å²) in [4.78, 5) is 31.8. The number of carbonyl (C=O) groups excluding carboxylic acids is 2. The van der Waals surface area contributed by atoms with Gasteiger partial charge in [-0.05, 0) is 62.6 Å². The molecule has 2 amide bonds. The number of para-hydroxylation sites is 1. The summed E-state index contributed by atoms with van der Waals surface area (Å²) in [5, 5.41) is 0. The number of benzene rings is 2. The second-order valence-corrected chi connectivity index (χ2v) is 8.33. The van der Waals surface area contributed by atoms with Crippen molar-refractivity contribution in [1.82, 2.24) is 14.7 Å². The van der Waals surface area contributed by atoms with E-state index >= 15 is 0 Å². The molecule has 2 fully saturated rings. The molecule has 2 aliphatic heterocycles. The zero-order valence-corrected chi connectivity index (χ0v) is 18.2. The Hall–Kier alpha value is -2.86. The lowest BCUT2D eigenvalue weighted by Gasteiger charge is -2.39. The molecule has 1 atom stereocenters. The van der Waals surface area contributed by atoms with Crippen LogP contribution in [0, 0.1) is 0 Å². The second kappa shape index (κ2) is 9.96. The maximum Gasteiger partial charge on any atom is 0.253 e. The van der Waals surface area contributed by atoms with E-state index in [0.29, 0.717) is 24.4 Å². The van der Waals surface area contributed by atoms with Gasteiger partial charge in [0, 0.05) is 44.8 Å². The summed E-state index contributed by atoms with van der Waals surface area (Å²) < 4.78 is 5.80. The lowest BCUT2D eigenvalue weighted by Crippen LogP contribution is -2.56. The zero-order chi connectivity index (χ0) is 21.6. The third kappa shape index (κ3) is 5.25. The van der Waals surface area contributed by atoms with Gasteiger partial charge in [0.15, 0.2) is 0 Å². The third-order valence-corrected chi connectivity index (χ3v) is 6.25. The number of hydrogen-bond donors (Lipinski definition) is 0. The first-order chi connectivity index (χ1) is 15.1. The molecular formula is C25H31N3O3. The van der Waals surface area contributed by atoms with E-state index < -0.39 is 0 Å². The minimum Gasteiger partial charge on any atom is -0.457 e. The van der Waals surface area contributed by atoms with Crippen LogP contribution < -0.4 is 4.74 Å². The largest absolute Gasteiger partial charge is 0.457 e. The summed E-state index contributed by atoms with van der Waals surface area (Å²) in [6, 6.07) is 16.8. The highest BCUT2D eigenvalue weighted by Crippen LogP contribution is 2.22. The van der Waals surface area contributed by atoms with Crippen molar-refractivity contribution >= 4 is 11.8 Å². The molecule has 31 heavy (non-hydrogen) atoms. The van der Waals surface area contributed by atoms with Crippen molar-refractivity contribution < 1.29 is 14.3 Å². The average molecular weight is 422 g/mol. The first kappa shape index (κ1) is 21.4. The number of piperidine rings is 1. The Morgan fingerprint density at radius 3 is 2.00 bits per heavy atom. The van der Waals surface area contributed by atoms with Gasteiger partial charge in [0.05, 0.1) is 6.04 Å². The van der Waals surface area contributed by atoms with Crippen LogP contribution in [0.25, 0.3) is 0 Å². The van der Waals surface area contributed by atoms with Crippen LogP contribution in [-0.4, -0.2) is 71.8 Å². The smallest absolute Gasteiger partial charge is 0.253 e. The fourth-order valence-electron chi connectivity index (χ4n) is 4.32. The number of piperazine rings is 1. The predicted octanol–water partition coefficient (Wildman–Crippen LogP) is 3.64. The van der Waals surface area contributed by atoms with Crippen molar-refractivity contribution in [1.29, 1.82) is 0 Å². The lowest BCUT2D eigenvalue weighted by molar-refractivity contribution is -0.137. The summed E-state index contributed by atoms with van der Waals surface area (Å²) in [5.41, 5.74) is 0.659. The van der Waals surface area contributed by atoms with Gasteiger partial charge < -0.3 is 14.5 Å². The topological polar surface area (TPSA) is 53.1 Å². The Bertz CT molecular complexity index is 871. The van der Waals surface area contributed by atoms with Crippen LogP contribution in [0.5, 0.6) is 11.5 Å². The summed E-state index contributed by atoms with van der Waals surface area (Å²) >= 11 is 0. The van der Waals surface area contributed by atoms with Crippen molar-refractivity contribution in [3.63, 3.8) is 0 Å². The van der Waals surface area contributed by atoms with E-state index in [1.165, 1.54) is 6.42 Å². The lowest BCUT2D eigenvalue weighted by atomic mass is 10.1. The summed E-state index contributed by atoms with van der Waals surface area (Å²) in [7, 11) is 0. The number of nitrogens with zero attached hydrogens (tertiary/aromatic N) is 3. The van der Waals surface area contributed by atoms with Gasteiger partial charge in [0.25, 0.3) is 5.91 Å². The van der Waals surface area contributed by atoms with Crippen LogP contribution in [0.3, 0.4) is 0 Å². The quantitative estimate of drug-likeness (QED) is 0.740. The van der Waals surface area contributed by atoms with E-state index in [0.717, 1.165) is 44.8 Å². The molecule has 1 unspecified atom stereocenters. The number of rotatable bonds is 5. The van der Waals surface area contributed by atoms with Crippen molar-refractivity contribution in [3.8, 4) is 11.5 Å². The van der Waals surface area contributed by atoms with Crippen LogP contribution in [0.15, 0.2) is 54.6 Å². The highest BCUT2D eigenvalue weighted by atomic mass is 16.5. The Morgan fingerprint density at radius 2 is 1.35 bits per heavy atom. The molecule has 0 spiro atoms. The van der Waals surface area contributed by atoms with Crippen LogP contribution in [0.2, 0.25) is 0 Å². The number of likely N-dealkylation sites (tertiary alicyclic amines) is 1. The molecule has 4 rings (SSSR count). The second-order valence-electron chi connectivity index (χ2n) is 8.33. The molecule has 0 radical (unpaired) electrons. The molecule has 2 aromatic rings. The molecule has 0 aromatic heterocycles. The van der Waals surface area contributed by atoms with Gasteiger partial charge in [-0.1, -0.05) is 18.2 Å². The first-order valence-corrected chi connectivity index (χ1v) is 11.3. The van der Waals surface area contributed by atoms with Crippen molar-refractivity contribution in [2.45, 2.75) is 32.2 Å². The third-order valence-electron chi connectivity index (χ3n) is 6.25. The molecule has 0 bridgehead atoms. The SMILES string of the molecule is CC(C(=O)N1CCCCC1)N1CCN(C(=O)c2ccc(Oc3ccccc3)cc2)CC1. The molecule has 2 heterocycles. The monoisotopic (exact) mass is 421 g/mol. The highest BCUT2D eigenvalue weighted by Gasteiger charge is 2.30. The number of hydrogen-bond acceptors (Lipinski definition) is 4. The van der Waals surface area contributed by atoms with E-state index in [9.17, 15) is 9.59 Å². The maximum absolute atomic E-state index is 12.9. The number of carbonyl (C=O) groups is 2. The van der Waals surface area contributed by atoms with E-state index in [-0.39, 0.29) is 17.9 Å². The summed E-state index contributed by atoms with van der Waals surface area (Å²) in [6.45, 7) is 6.48. The number of ether oxygens (including phenoxy) is 1. The van der Waals surface area contributed by atoms with Crippen LogP contribution in [0.1, 0.15) is 36.5 Å². The minimum atomic E-state index is -0.121. The molecule has 0 N–H and O–H groups in total. The Kier molecular flexibility index (Phi) is 6.87. The van der Waals surface area contributed by atoms with E-state index in [1.54, 1.807) is 0 Å². The van der Waals surface area contributed by atoms with Crippen LogP contribution in [-0.2, 0) is 4.79 Å². The normalized spacial score (nSPS) is 18.5. The minimum absolute atomic E-state index is 0.0286. The molecular weight excluding hydrogens is 390 g/mol. The van der Waals surface area contributed by atoms with E-state index in [1.807, 2.05) is 71.3 Å². The summed E-state index contributed by atoms with van der Waals surface area (Å²) in [5.74, 6) is 1.73. The van der Waals surface area contributed by atoms with Gasteiger partial charge in [-0.2, -0.15) is 0 Å². The van der Waals surface area contributed by atoms with Gasteiger partial charge in [0.1, 0.15) is 11.5 Å². The van der Waals surface area contributed by atoms with Gasteiger partial charge in [0.2, 0.25) is 5.91 Å². The van der Waals surface area contributed by atoms with Crippen LogP contribution in [0.4, 0.5) is 0 Å². The standard InChI is InChI=1S/C25H31N3O3/c1-20(24(29)27-14-6-3-7-15-27)26-16-18-28(19-17-26)25(30)21-10-12-23(13-11-21)31-22-8-4-2-5-9-22/h2,4-5,8-13,20H,3,6-7,14-19H2,1H3. The van der Waals surface area contributed by atoms with Gasteiger partial charge in [-0.3, -0.25) is 14.5 Å². The molecule has 6 heteroatoms. The molecule has 0 saturated carbocycles. The van der Waals surface area contributed by atoms with Crippen molar-refractivity contribution in [3.05, 3.63) is 60.2 Å². The Balaban J connectivity index is 1.29. The molecule has 164 valence electrons. The first-order valence-electron chi connectivity index (χ1n) is 11.3. The van der Waals surface area contributed by atoms with Gasteiger partial charge in [-0.15, -0.1) is 0 Å². The zero-order valence-electron chi connectivity index (χ0n) is 18.2. The fraction of sp³-hybridized carbons (Fsp3) is 0.440. The van der Waals surface area contributed by atoms with E-state index in [2.05, 4.69) is 4.90 Å². The fourth-order valence-corrected chi connectivity index (χ4v) is 4.32. The Labute approximate surface area is 184 Å². The van der Waals surface area contributed by atoms with Crippen LogP contribution >= 0.6 is 0 Å². The van der Waals surface area contributed by atoms with Gasteiger partial charge >= 0.3 is 0 Å². The predicted molar refractivity (Wildman–Crippen MR) is 120 cm³/mol. The molecule has 0 aliphatic carbocycles. The average Bonchev–Trinajstić information content (AvgIpc) is 2.84. The summed E-state index contributed by atoms with van der Waals surface area (Å²) in [6.07, 6.45) is 3.43. The number of amides is 2. The van der Waals surface area contributed by atoms with E-state index in [4.69, 9.17) is 4.74 Å².